The molecule has 6 heteroatoms. The molecule has 6 nitrogen and oxygen atoms in total. The number of likely N-dealkylation sites (N-methyl/N-ethyl adjacent to an activating group) is 1. The van der Waals surface area contributed by atoms with Gasteiger partial charge in [0.1, 0.15) is 11.3 Å². The Balaban J connectivity index is 1.76. The summed E-state index contributed by atoms with van der Waals surface area (Å²) in [5.74, 6) is 0.759. The normalized spacial score (nSPS) is 20.4. The van der Waals surface area contributed by atoms with Crippen molar-refractivity contribution in [2.75, 3.05) is 33.8 Å². The second kappa shape index (κ2) is 6.20. The molecule has 0 unspecified atom stereocenters. The number of benzene rings is 1. The third kappa shape index (κ3) is 2.67. The molecule has 0 bridgehead atoms. The van der Waals surface area contributed by atoms with Crippen LogP contribution in [0.15, 0.2) is 24.3 Å². The maximum atomic E-state index is 12.6. The molecule has 1 aromatic rings. The lowest BCUT2D eigenvalue weighted by Gasteiger charge is -2.38. The summed E-state index contributed by atoms with van der Waals surface area (Å²) in [6, 6.07) is 7.66. The van der Waals surface area contributed by atoms with Gasteiger partial charge in [-0.2, -0.15) is 0 Å². The molecule has 1 spiro atoms. The summed E-state index contributed by atoms with van der Waals surface area (Å²) >= 11 is 0. The average Bonchev–Trinajstić information content (AvgIpc) is 2.76. The third-order valence-corrected chi connectivity index (χ3v) is 4.95. The molecule has 0 aromatic heterocycles. The van der Waals surface area contributed by atoms with Crippen LogP contribution in [0.3, 0.4) is 0 Å². The Morgan fingerprint density at radius 1 is 1.17 bits per heavy atom. The molecule has 0 aliphatic carbocycles. The number of carbonyl (C=O) groups is 2. The van der Waals surface area contributed by atoms with E-state index >= 15 is 0 Å². The highest BCUT2D eigenvalue weighted by Gasteiger charge is 2.55. The fourth-order valence-electron chi connectivity index (χ4n) is 3.55. The van der Waals surface area contributed by atoms with Gasteiger partial charge in [0.2, 0.25) is 0 Å². The predicted molar refractivity (Wildman–Crippen MR) is 86.4 cm³/mol. The van der Waals surface area contributed by atoms with Crippen LogP contribution < -0.4 is 10.1 Å². The van der Waals surface area contributed by atoms with E-state index < -0.39 is 5.54 Å². The maximum Gasteiger partial charge on any atom is 0.327 e. The van der Waals surface area contributed by atoms with Crippen LogP contribution >= 0.6 is 0 Å². The number of ether oxygens (including phenoxy) is 1. The SMILES string of the molecule is COc1ccc(CCN2C(=O)N(C)C(=O)C23CCNCC3)cc1. The van der Waals surface area contributed by atoms with E-state index in [1.165, 1.54) is 4.90 Å². The lowest BCUT2D eigenvalue weighted by atomic mass is 9.86. The Morgan fingerprint density at radius 2 is 1.83 bits per heavy atom. The molecule has 2 aliphatic rings. The molecule has 2 heterocycles. The molecule has 2 saturated heterocycles. The van der Waals surface area contributed by atoms with E-state index in [4.69, 9.17) is 4.74 Å². The zero-order valence-corrected chi connectivity index (χ0v) is 13.7. The summed E-state index contributed by atoms with van der Waals surface area (Å²) in [5.41, 5.74) is 0.480. The molecule has 0 saturated carbocycles. The molecule has 0 radical (unpaired) electrons. The van der Waals surface area contributed by atoms with Gasteiger partial charge in [-0.15, -0.1) is 0 Å². The van der Waals surface area contributed by atoms with Crippen molar-refractivity contribution < 1.29 is 14.3 Å². The van der Waals surface area contributed by atoms with Gasteiger partial charge in [0.05, 0.1) is 7.11 Å². The minimum absolute atomic E-state index is 0.0567. The zero-order chi connectivity index (χ0) is 16.4. The first kappa shape index (κ1) is 15.8. The van der Waals surface area contributed by atoms with Crippen molar-refractivity contribution in [2.24, 2.45) is 0 Å². The first-order valence-electron chi connectivity index (χ1n) is 8.02. The molecule has 3 amide bonds. The molecule has 1 aromatic carbocycles. The number of hydrogen-bond acceptors (Lipinski definition) is 4. The van der Waals surface area contributed by atoms with E-state index in [-0.39, 0.29) is 11.9 Å². The standard InChI is InChI=1S/C17H23N3O3/c1-19-15(21)17(8-10-18-11-9-17)20(16(19)22)12-7-13-3-5-14(23-2)6-4-13/h3-6,18H,7-12H2,1-2H3. The molecule has 23 heavy (non-hydrogen) atoms. The smallest absolute Gasteiger partial charge is 0.327 e. The molecule has 3 rings (SSSR count). The van der Waals surface area contributed by atoms with Crippen molar-refractivity contribution in [2.45, 2.75) is 24.8 Å². The lowest BCUT2D eigenvalue weighted by Crippen LogP contribution is -2.56. The quantitative estimate of drug-likeness (QED) is 0.849. The number of nitrogens with one attached hydrogen (secondary N) is 1. The predicted octanol–water partition coefficient (Wildman–Crippen LogP) is 1.25. The fraction of sp³-hybridized carbons (Fsp3) is 0.529. The summed E-state index contributed by atoms with van der Waals surface area (Å²) in [6.07, 6.45) is 2.10. The van der Waals surface area contributed by atoms with Gasteiger partial charge < -0.3 is 15.0 Å². The minimum Gasteiger partial charge on any atom is -0.497 e. The number of methoxy groups -OCH3 is 1. The summed E-state index contributed by atoms with van der Waals surface area (Å²) in [4.78, 5) is 28.2. The average molecular weight is 317 g/mol. The number of hydrogen-bond donors (Lipinski definition) is 1. The number of urea groups is 1. The second-order valence-corrected chi connectivity index (χ2v) is 6.18. The Bertz CT molecular complexity index is 594. The van der Waals surface area contributed by atoms with Gasteiger partial charge >= 0.3 is 6.03 Å². The number of piperidine rings is 1. The van der Waals surface area contributed by atoms with Crippen molar-refractivity contribution >= 4 is 11.9 Å². The van der Waals surface area contributed by atoms with Crippen molar-refractivity contribution in [1.82, 2.24) is 15.1 Å². The topological polar surface area (TPSA) is 61.9 Å². The third-order valence-electron chi connectivity index (χ3n) is 4.95. The highest BCUT2D eigenvalue weighted by atomic mass is 16.5. The minimum atomic E-state index is -0.649. The van der Waals surface area contributed by atoms with E-state index in [2.05, 4.69) is 5.32 Å². The van der Waals surface area contributed by atoms with E-state index in [0.29, 0.717) is 19.4 Å². The monoisotopic (exact) mass is 317 g/mol. The van der Waals surface area contributed by atoms with Crippen LogP contribution in [0.2, 0.25) is 0 Å². The fourth-order valence-corrected chi connectivity index (χ4v) is 3.55. The van der Waals surface area contributed by atoms with Gasteiger partial charge in [0.15, 0.2) is 0 Å². The Kier molecular flexibility index (Phi) is 4.26. The van der Waals surface area contributed by atoms with Gasteiger partial charge in [-0.25, -0.2) is 4.79 Å². The molecule has 1 N–H and O–H groups in total. The van der Waals surface area contributed by atoms with Crippen LogP contribution in [0.1, 0.15) is 18.4 Å². The molecule has 2 aliphatic heterocycles. The summed E-state index contributed by atoms with van der Waals surface area (Å²) in [6.45, 7) is 2.10. The van der Waals surface area contributed by atoms with Gasteiger partial charge in [0.25, 0.3) is 5.91 Å². The molecule has 124 valence electrons. The summed E-state index contributed by atoms with van der Waals surface area (Å²) in [5, 5.41) is 3.27. The van der Waals surface area contributed by atoms with E-state index in [9.17, 15) is 9.59 Å². The highest BCUT2D eigenvalue weighted by molar-refractivity contribution is 6.06. The molecular formula is C17H23N3O3. The van der Waals surface area contributed by atoms with Crippen LogP contribution in [-0.2, 0) is 11.2 Å². The Morgan fingerprint density at radius 3 is 2.43 bits per heavy atom. The Hall–Kier alpha value is -2.08. The molecule has 2 fully saturated rings. The largest absolute Gasteiger partial charge is 0.497 e. The van der Waals surface area contributed by atoms with E-state index in [0.717, 1.165) is 30.8 Å². The number of amides is 3. The van der Waals surface area contributed by atoms with Crippen LogP contribution in [0.4, 0.5) is 4.79 Å². The zero-order valence-electron chi connectivity index (χ0n) is 13.7. The lowest BCUT2D eigenvalue weighted by molar-refractivity contribution is -0.133. The van der Waals surface area contributed by atoms with Crippen molar-refractivity contribution in [3.63, 3.8) is 0 Å². The summed E-state index contributed by atoms with van der Waals surface area (Å²) < 4.78 is 5.16. The summed E-state index contributed by atoms with van der Waals surface area (Å²) in [7, 11) is 3.22. The van der Waals surface area contributed by atoms with Crippen molar-refractivity contribution in [3.05, 3.63) is 29.8 Å². The number of nitrogens with zero attached hydrogens (tertiary/aromatic N) is 2. The number of carbonyl (C=O) groups excluding carboxylic acids is 2. The van der Waals surface area contributed by atoms with Crippen LogP contribution in [-0.4, -0.2) is 61.1 Å². The maximum absolute atomic E-state index is 12.6. The second-order valence-electron chi connectivity index (χ2n) is 6.18. The first-order chi connectivity index (χ1) is 11.1. The van der Waals surface area contributed by atoms with Gasteiger partial charge in [0, 0.05) is 13.6 Å². The van der Waals surface area contributed by atoms with Crippen molar-refractivity contribution in [3.8, 4) is 5.75 Å². The van der Waals surface area contributed by atoms with Gasteiger partial charge in [-0.3, -0.25) is 9.69 Å². The first-order valence-corrected chi connectivity index (χ1v) is 8.02. The van der Waals surface area contributed by atoms with Gasteiger partial charge in [-0.1, -0.05) is 12.1 Å². The van der Waals surface area contributed by atoms with E-state index in [1.807, 2.05) is 24.3 Å². The van der Waals surface area contributed by atoms with Crippen LogP contribution in [0, 0.1) is 0 Å². The van der Waals surface area contributed by atoms with Crippen LogP contribution in [0.5, 0.6) is 5.75 Å². The highest BCUT2D eigenvalue weighted by Crippen LogP contribution is 2.35. The van der Waals surface area contributed by atoms with Crippen molar-refractivity contribution in [1.29, 1.82) is 0 Å². The van der Waals surface area contributed by atoms with Crippen LogP contribution in [0.25, 0.3) is 0 Å². The number of imide groups is 1. The Labute approximate surface area is 136 Å². The molecular weight excluding hydrogens is 294 g/mol. The van der Waals surface area contributed by atoms with E-state index in [1.54, 1.807) is 19.1 Å². The number of rotatable bonds is 4. The van der Waals surface area contributed by atoms with Gasteiger partial charge in [-0.05, 0) is 50.0 Å². The molecule has 0 atom stereocenters.